The maximum absolute atomic E-state index is 6.53. The van der Waals surface area contributed by atoms with Crippen molar-refractivity contribution in [2.75, 3.05) is 0 Å². The minimum Gasteiger partial charge on any atom is -0.456 e. The Morgan fingerprint density at radius 2 is 0.810 bits per heavy atom. The number of rotatable bonds is 4. The summed E-state index contributed by atoms with van der Waals surface area (Å²) in [7, 11) is 0. The molecule has 1 aromatic heterocycles. The maximum Gasteiger partial charge on any atom is 0.135 e. The Balaban J connectivity index is 1.03. The zero-order valence-corrected chi connectivity index (χ0v) is 32.4. The highest BCUT2D eigenvalue weighted by Gasteiger charge is 2.36. The van der Waals surface area contributed by atoms with Gasteiger partial charge in [0.1, 0.15) is 11.2 Å². The van der Waals surface area contributed by atoms with Crippen molar-refractivity contribution in [3.8, 4) is 55.6 Å². The molecule has 0 saturated heterocycles. The first kappa shape index (κ1) is 33.0. The third kappa shape index (κ3) is 4.83. The van der Waals surface area contributed by atoms with E-state index in [2.05, 4.69) is 208 Å². The first-order valence-electron chi connectivity index (χ1n) is 20.2. The van der Waals surface area contributed by atoms with Crippen LogP contribution in [0.5, 0.6) is 0 Å². The highest BCUT2D eigenvalue weighted by atomic mass is 16.3. The predicted octanol–water partition coefficient (Wildman–Crippen LogP) is 16.0. The molecule has 1 heterocycles. The fraction of sp³-hybridized carbons (Fsp3) is 0.0526. The minimum absolute atomic E-state index is 0.0633. The standard InChI is InChI=1S/C57H38O/c1-57(2)51-27-24-38(31-47(51)48-30-36-16-6-7-17-37(36)34-52(48)57)39-25-28-53-49(32-39)50-33-40(26-29-54(50)58-53)55-43-20-10-12-22-45(43)56(46-23-13-11-21-44(46)55)42-19-9-8-18-41(42)35-14-4-3-5-15-35/h3-34H,1-2H3. The van der Waals surface area contributed by atoms with Crippen molar-refractivity contribution in [2.24, 2.45) is 0 Å². The molecular weight excluding hydrogens is 701 g/mol. The van der Waals surface area contributed by atoms with Crippen molar-refractivity contribution in [2.45, 2.75) is 19.3 Å². The van der Waals surface area contributed by atoms with E-state index in [0.717, 1.165) is 21.9 Å². The summed E-state index contributed by atoms with van der Waals surface area (Å²) in [6.45, 7) is 4.72. The average molecular weight is 739 g/mol. The normalized spacial score (nSPS) is 13.1. The van der Waals surface area contributed by atoms with Crippen LogP contribution in [0.2, 0.25) is 0 Å². The lowest BCUT2D eigenvalue weighted by Gasteiger charge is -2.22. The summed E-state index contributed by atoms with van der Waals surface area (Å²) in [6, 6.07) is 71.4. The molecule has 0 radical (unpaired) electrons. The van der Waals surface area contributed by atoms with Gasteiger partial charge in [0.25, 0.3) is 0 Å². The molecule has 0 spiro atoms. The molecule has 11 aromatic rings. The van der Waals surface area contributed by atoms with Crippen LogP contribution in [0, 0.1) is 0 Å². The Labute approximate surface area is 337 Å². The van der Waals surface area contributed by atoms with Gasteiger partial charge in [-0.1, -0.05) is 166 Å². The van der Waals surface area contributed by atoms with Gasteiger partial charge in [0, 0.05) is 16.2 Å². The molecule has 272 valence electrons. The van der Waals surface area contributed by atoms with Gasteiger partial charge in [0.15, 0.2) is 0 Å². The van der Waals surface area contributed by atoms with E-state index >= 15 is 0 Å². The van der Waals surface area contributed by atoms with Crippen molar-refractivity contribution < 1.29 is 4.42 Å². The summed E-state index contributed by atoms with van der Waals surface area (Å²) in [4.78, 5) is 0. The summed E-state index contributed by atoms with van der Waals surface area (Å²) in [6.07, 6.45) is 0. The van der Waals surface area contributed by atoms with E-state index in [9.17, 15) is 0 Å². The topological polar surface area (TPSA) is 13.1 Å². The van der Waals surface area contributed by atoms with E-state index in [1.54, 1.807) is 0 Å². The largest absolute Gasteiger partial charge is 0.456 e. The summed E-state index contributed by atoms with van der Waals surface area (Å²) in [5, 5.41) is 9.79. The molecular formula is C57H38O. The molecule has 0 unspecified atom stereocenters. The number of furan rings is 1. The summed E-state index contributed by atoms with van der Waals surface area (Å²) in [5.41, 5.74) is 17.0. The van der Waals surface area contributed by atoms with Gasteiger partial charge in [0.2, 0.25) is 0 Å². The molecule has 0 amide bonds. The van der Waals surface area contributed by atoms with Crippen molar-refractivity contribution in [1.29, 1.82) is 0 Å². The Morgan fingerprint density at radius 1 is 0.310 bits per heavy atom. The zero-order valence-electron chi connectivity index (χ0n) is 32.4. The third-order valence-corrected chi connectivity index (χ3v) is 12.8. The van der Waals surface area contributed by atoms with Crippen molar-refractivity contribution >= 4 is 54.3 Å². The summed E-state index contributed by atoms with van der Waals surface area (Å²) in [5.74, 6) is 0. The minimum atomic E-state index is -0.0633. The molecule has 0 aliphatic heterocycles. The Hall–Kier alpha value is -7.22. The first-order valence-corrected chi connectivity index (χ1v) is 20.2. The lowest BCUT2D eigenvalue weighted by Crippen LogP contribution is -2.14. The molecule has 0 atom stereocenters. The smallest absolute Gasteiger partial charge is 0.135 e. The third-order valence-electron chi connectivity index (χ3n) is 12.8. The molecule has 1 aliphatic rings. The highest BCUT2D eigenvalue weighted by Crippen LogP contribution is 2.51. The second kappa shape index (κ2) is 12.4. The van der Waals surface area contributed by atoms with Crippen LogP contribution in [0.25, 0.3) is 110 Å². The van der Waals surface area contributed by atoms with Crippen LogP contribution in [0.4, 0.5) is 0 Å². The van der Waals surface area contributed by atoms with Gasteiger partial charge in [-0.15, -0.1) is 0 Å². The predicted molar refractivity (Wildman–Crippen MR) is 246 cm³/mol. The van der Waals surface area contributed by atoms with Crippen molar-refractivity contribution in [1.82, 2.24) is 0 Å². The SMILES string of the molecule is CC1(C)c2ccc(-c3ccc4oc5ccc(-c6c7ccccc7c(-c7ccccc7-c7ccccc7)c7ccccc67)cc5c4c3)cc2-c2cc3ccccc3cc21. The fourth-order valence-electron chi connectivity index (χ4n) is 10.0. The number of benzene rings is 10. The first-order chi connectivity index (χ1) is 28.5. The molecule has 0 N–H and O–H groups in total. The molecule has 1 nitrogen and oxygen atoms in total. The molecule has 10 aromatic carbocycles. The Bertz CT molecular complexity index is 3410. The lowest BCUT2D eigenvalue weighted by molar-refractivity contribution is 0.661. The monoisotopic (exact) mass is 738 g/mol. The van der Waals surface area contributed by atoms with Gasteiger partial charge in [0.05, 0.1) is 0 Å². The van der Waals surface area contributed by atoms with E-state index in [0.29, 0.717) is 0 Å². The van der Waals surface area contributed by atoms with Crippen LogP contribution < -0.4 is 0 Å². The quantitative estimate of drug-likeness (QED) is 0.164. The van der Waals surface area contributed by atoms with Gasteiger partial charge < -0.3 is 4.42 Å². The second-order valence-electron chi connectivity index (χ2n) is 16.4. The van der Waals surface area contributed by atoms with Crippen molar-refractivity contribution in [3.05, 3.63) is 205 Å². The van der Waals surface area contributed by atoms with Gasteiger partial charge in [-0.3, -0.25) is 0 Å². The van der Waals surface area contributed by atoms with Gasteiger partial charge in [-0.2, -0.15) is 0 Å². The molecule has 58 heavy (non-hydrogen) atoms. The summed E-state index contributed by atoms with van der Waals surface area (Å²) < 4.78 is 6.53. The van der Waals surface area contributed by atoms with Gasteiger partial charge in [-0.25, -0.2) is 0 Å². The van der Waals surface area contributed by atoms with Crippen LogP contribution >= 0.6 is 0 Å². The zero-order chi connectivity index (χ0) is 38.5. The molecule has 0 saturated carbocycles. The summed E-state index contributed by atoms with van der Waals surface area (Å²) >= 11 is 0. The molecule has 0 fully saturated rings. The number of fused-ring (bicyclic) bond motifs is 9. The average Bonchev–Trinajstić information content (AvgIpc) is 3.75. The number of hydrogen-bond acceptors (Lipinski definition) is 1. The van der Waals surface area contributed by atoms with Crippen LogP contribution in [0.3, 0.4) is 0 Å². The van der Waals surface area contributed by atoms with Crippen LogP contribution in [0.1, 0.15) is 25.0 Å². The molecule has 1 heteroatoms. The second-order valence-corrected chi connectivity index (χ2v) is 16.4. The molecule has 0 bridgehead atoms. The lowest BCUT2D eigenvalue weighted by atomic mass is 9.81. The molecule has 1 aliphatic carbocycles. The maximum atomic E-state index is 6.53. The highest BCUT2D eigenvalue weighted by molar-refractivity contribution is 6.23. The van der Waals surface area contributed by atoms with Gasteiger partial charge >= 0.3 is 0 Å². The van der Waals surface area contributed by atoms with E-state index in [1.165, 1.54) is 99.1 Å². The Morgan fingerprint density at radius 3 is 1.50 bits per heavy atom. The van der Waals surface area contributed by atoms with E-state index in [1.807, 2.05) is 0 Å². The fourth-order valence-corrected chi connectivity index (χ4v) is 10.0. The van der Waals surface area contributed by atoms with Crippen LogP contribution in [0.15, 0.2) is 199 Å². The number of hydrogen-bond donors (Lipinski definition) is 0. The van der Waals surface area contributed by atoms with E-state index in [-0.39, 0.29) is 5.41 Å². The Kier molecular flexibility index (Phi) is 7.04. The van der Waals surface area contributed by atoms with E-state index in [4.69, 9.17) is 4.42 Å². The molecule has 12 rings (SSSR count). The van der Waals surface area contributed by atoms with Crippen LogP contribution in [-0.2, 0) is 5.41 Å². The van der Waals surface area contributed by atoms with E-state index < -0.39 is 0 Å². The van der Waals surface area contributed by atoms with Crippen molar-refractivity contribution in [3.63, 3.8) is 0 Å². The van der Waals surface area contributed by atoms with Gasteiger partial charge in [-0.05, 0) is 142 Å². The van der Waals surface area contributed by atoms with Crippen LogP contribution in [-0.4, -0.2) is 0 Å².